The van der Waals surface area contributed by atoms with E-state index in [0.717, 1.165) is 4.90 Å². The first-order valence-corrected chi connectivity index (χ1v) is 7.63. The van der Waals surface area contributed by atoms with Crippen LogP contribution in [0.5, 0.6) is 0 Å². The Kier molecular flexibility index (Phi) is 5.07. The molecule has 0 saturated heterocycles. The molecule has 0 aliphatic heterocycles. The predicted octanol–water partition coefficient (Wildman–Crippen LogP) is 1.30. The zero-order valence-electron chi connectivity index (χ0n) is 8.73. The van der Waals surface area contributed by atoms with E-state index < -0.39 is 10.0 Å². The van der Waals surface area contributed by atoms with Crippen molar-refractivity contribution >= 4 is 33.4 Å². The van der Waals surface area contributed by atoms with Gasteiger partial charge in [0.15, 0.2) is 0 Å². The van der Waals surface area contributed by atoms with Gasteiger partial charge in [-0.15, -0.1) is 11.8 Å². The number of nitrogens with two attached hydrogens (primary N) is 1. The van der Waals surface area contributed by atoms with Crippen LogP contribution in [-0.4, -0.2) is 27.8 Å². The molecule has 16 heavy (non-hydrogen) atoms. The SMILES string of the molecule is CSc1ccc(S(=O)(=O)NCCN)cc1Cl. The quantitative estimate of drug-likeness (QED) is 0.798. The summed E-state index contributed by atoms with van der Waals surface area (Å²) in [6.45, 7) is 0.472. The van der Waals surface area contributed by atoms with Gasteiger partial charge >= 0.3 is 0 Å². The summed E-state index contributed by atoms with van der Waals surface area (Å²) in [4.78, 5) is 1.00. The number of halogens is 1. The lowest BCUT2D eigenvalue weighted by Crippen LogP contribution is -2.29. The van der Waals surface area contributed by atoms with Crippen molar-refractivity contribution in [1.82, 2.24) is 4.72 Å². The van der Waals surface area contributed by atoms with Crippen LogP contribution >= 0.6 is 23.4 Å². The molecule has 0 unspecified atom stereocenters. The van der Waals surface area contributed by atoms with E-state index in [4.69, 9.17) is 17.3 Å². The molecule has 0 atom stereocenters. The predicted molar refractivity (Wildman–Crippen MR) is 67.5 cm³/mol. The maximum Gasteiger partial charge on any atom is 0.240 e. The Morgan fingerprint density at radius 2 is 2.19 bits per heavy atom. The van der Waals surface area contributed by atoms with Gasteiger partial charge in [0.05, 0.1) is 9.92 Å². The van der Waals surface area contributed by atoms with Gasteiger partial charge in [0, 0.05) is 18.0 Å². The molecular weight excluding hydrogens is 268 g/mol. The third-order valence-corrected chi connectivity index (χ3v) is 4.55. The van der Waals surface area contributed by atoms with Gasteiger partial charge in [0.25, 0.3) is 0 Å². The standard InChI is InChI=1S/C9H13ClN2O2S2/c1-15-9-3-2-7(6-8(9)10)16(13,14)12-5-4-11/h2-3,6,12H,4-5,11H2,1H3. The molecule has 7 heteroatoms. The lowest BCUT2D eigenvalue weighted by molar-refractivity contribution is 0.582. The van der Waals surface area contributed by atoms with Crippen molar-refractivity contribution in [3.63, 3.8) is 0 Å². The molecule has 4 nitrogen and oxygen atoms in total. The minimum atomic E-state index is -3.49. The van der Waals surface area contributed by atoms with Crippen molar-refractivity contribution in [2.75, 3.05) is 19.3 Å². The molecule has 1 aromatic rings. The normalized spacial score (nSPS) is 11.7. The molecule has 0 aliphatic rings. The third kappa shape index (κ3) is 3.36. The van der Waals surface area contributed by atoms with E-state index in [2.05, 4.69) is 4.72 Å². The topological polar surface area (TPSA) is 72.2 Å². The monoisotopic (exact) mass is 280 g/mol. The first kappa shape index (κ1) is 13.8. The minimum Gasteiger partial charge on any atom is -0.329 e. The Bertz CT molecular complexity index is 463. The van der Waals surface area contributed by atoms with E-state index >= 15 is 0 Å². The molecule has 1 rings (SSSR count). The summed E-state index contributed by atoms with van der Waals surface area (Å²) in [5.74, 6) is 0. The largest absolute Gasteiger partial charge is 0.329 e. The number of rotatable bonds is 5. The van der Waals surface area contributed by atoms with Crippen LogP contribution in [0.1, 0.15) is 0 Å². The highest BCUT2D eigenvalue weighted by atomic mass is 35.5. The van der Waals surface area contributed by atoms with Crippen molar-refractivity contribution in [2.45, 2.75) is 9.79 Å². The lowest BCUT2D eigenvalue weighted by atomic mass is 10.4. The maximum absolute atomic E-state index is 11.7. The number of hydrogen-bond acceptors (Lipinski definition) is 4. The molecule has 0 aliphatic carbocycles. The van der Waals surface area contributed by atoms with E-state index in [1.807, 2.05) is 6.26 Å². The first-order valence-electron chi connectivity index (χ1n) is 4.54. The average molecular weight is 281 g/mol. The summed E-state index contributed by atoms with van der Waals surface area (Å²) in [7, 11) is -3.49. The highest BCUT2D eigenvalue weighted by Crippen LogP contribution is 2.27. The second kappa shape index (κ2) is 5.88. The van der Waals surface area contributed by atoms with Crippen LogP contribution in [0.25, 0.3) is 0 Å². The van der Waals surface area contributed by atoms with Gasteiger partial charge in [-0.2, -0.15) is 0 Å². The molecule has 0 bridgehead atoms. The van der Waals surface area contributed by atoms with Crippen molar-refractivity contribution in [3.8, 4) is 0 Å². The molecule has 0 heterocycles. The summed E-state index contributed by atoms with van der Waals surface area (Å²) in [6, 6.07) is 4.65. The molecule has 0 saturated carbocycles. The second-order valence-electron chi connectivity index (χ2n) is 2.98. The Labute approximate surface area is 105 Å². The fourth-order valence-corrected chi connectivity index (χ4v) is 3.10. The molecule has 90 valence electrons. The van der Waals surface area contributed by atoms with E-state index in [0.29, 0.717) is 5.02 Å². The van der Waals surface area contributed by atoms with Gasteiger partial charge in [-0.3, -0.25) is 0 Å². The fraction of sp³-hybridized carbons (Fsp3) is 0.333. The molecular formula is C9H13ClN2O2S2. The molecule has 3 N–H and O–H groups in total. The van der Waals surface area contributed by atoms with Crippen molar-refractivity contribution < 1.29 is 8.42 Å². The molecule has 0 aromatic heterocycles. The highest BCUT2D eigenvalue weighted by molar-refractivity contribution is 7.98. The van der Waals surface area contributed by atoms with Crippen LogP contribution in [-0.2, 0) is 10.0 Å². The van der Waals surface area contributed by atoms with E-state index in [1.165, 1.54) is 23.9 Å². The Hall–Kier alpha value is -0.270. The Balaban J connectivity index is 3.01. The molecule has 0 spiro atoms. The van der Waals surface area contributed by atoms with E-state index in [9.17, 15) is 8.42 Å². The summed E-state index contributed by atoms with van der Waals surface area (Å²) in [5.41, 5.74) is 5.23. The highest BCUT2D eigenvalue weighted by Gasteiger charge is 2.14. The van der Waals surface area contributed by atoms with Gasteiger partial charge in [0.1, 0.15) is 0 Å². The van der Waals surface area contributed by atoms with Crippen LogP contribution in [0.2, 0.25) is 5.02 Å². The van der Waals surface area contributed by atoms with Crippen LogP contribution in [0.3, 0.4) is 0 Å². The third-order valence-electron chi connectivity index (χ3n) is 1.87. The van der Waals surface area contributed by atoms with Gasteiger partial charge in [0.2, 0.25) is 10.0 Å². The van der Waals surface area contributed by atoms with Crippen molar-refractivity contribution in [1.29, 1.82) is 0 Å². The minimum absolute atomic E-state index is 0.156. The van der Waals surface area contributed by atoms with Crippen molar-refractivity contribution in [2.24, 2.45) is 5.73 Å². The fourth-order valence-electron chi connectivity index (χ4n) is 1.09. The number of hydrogen-bond donors (Lipinski definition) is 2. The van der Waals surface area contributed by atoms with Crippen LogP contribution < -0.4 is 10.5 Å². The molecule has 1 aromatic carbocycles. The van der Waals surface area contributed by atoms with Gasteiger partial charge in [-0.05, 0) is 24.5 Å². The number of sulfonamides is 1. The van der Waals surface area contributed by atoms with Crippen LogP contribution in [0, 0.1) is 0 Å². The molecule has 0 fully saturated rings. The maximum atomic E-state index is 11.7. The molecule has 0 amide bonds. The number of benzene rings is 1. The van der Waals surface area contributed by atoms with Gasteiger partial charge in [-0.1, -0.05) is 11.6 Å². The smallest absolute Gasteiger partial charge is 0.240 e. The summed E-state index contributed by atoms with van der Waals surface area (Å²) >= 11 is 7.40. The zero-order chi connectivity index (χ0) is 12.2. The van der Waals surface area contributed by atoms with Gasteiger partial charge < -0.3 is 5.73 Å². The van der Waals surface area contributed by atoms with Crippen molar-refractivity contribution in [3.05, 3.63) is 23.2 Å². The number of nitrogens with one attached hydrogen (secondary N) is 1. The summed E-state index contributed by atoms with van der Waals surface area (Å²) in [5, 5.41) is 0.433. The van der Waals surface area contributed by atoms with Crippen LogP contribution in [0.4, 0.5) is 0 Å². The average Bonchev–Trinajstić information content (AvgIpc) is 2.26. The second-order valence-corrected chi connectivity index (χ2v) is 6.01. The van der Waals surface area contributed by atoms with Gasteiger partial charge in [-0.25, -0.2) is 13.1 Å². The number of thioether (sulfide) groups is 1. The Morgan fingerprint density at radius 3 is 2.69 bits per heavy atom. The zero-order valence-corrected chi connectivity index (χ0v) is 11.1. The summed E-state index contributed by atoms with van der Waals surface area (Å²) in [6.07, 6.45) is 1.88. The first-order chi connectivity index (χ1) is 7.51. The molecule has 0 radical (unpaired) electrons. The lowest BCUT2D eigenvalue weighted by Gasteiger charge is -2.07. The van der Waals surface area contributed by atoms with E-state index in [-0.39, 0.29) is 18.0 Å². The van der Waals surface area contributed by atoms with Crippen LogP contribution in [0.15, 0.2) is 28.0 Å². The summed E-state index contributed by atoms with van der Waals surface area (Å²) < 4.78 is 25.8. The Morgan fingerprint density at radius 1 is 1.50 bits per heavy atom. The van der Waals surface area contributed by atoms with E-state index in [1.54, 1.807) is 6.07 Å².